The minimum atomic E-state index is -1.87. The summed E-state index contributed by atoms with van der Waals surface area (Å²) in [7, 11) is 0.0634. The minimum absolute atomic E-state index is 0.268. The lowest BCUT2D eigenvalue weighted by Gasteiger charge is -2.15. The highest BCUT2D eigenvalue weighted by molar-refractivity contribution is 6.36. The number of hydrogen-bond acceptors (Lipinski definition) is 5. The fourth-order valence-corrected chi connectivity index (χ4v) is 2.62. The van der Waals surface area contributed by atoms with Crippen LogP contribution in [0, 0.1) is 0 Å². The zero-order valence-electron chi connectivity index (χ0n) is 12.2. The quantitative estimate of drug-likeness (QED) is 0.405. The number of hydrogen-bond donors (Lipinski definition) is 1. The van der Waals surface area contributed by atoms with Crippen molar-refractivity contribution in [2.75, 3.05) is 40.0 Å². The molecule has 1 unspecified atom stereocenters. The van der Waals surface area contributed by atoms with Crippen LogP contribution in [0.15, 0.2) is 0 Å². The van der Waals surface area contributed by atoms with Gasteiger partial charge in [-0.15, -0.1) is 0 Å². The monoisotopic (exact) mass is 279 g/mol. The molecule has 1 atom stereocenters. The van der Waals surface area contributed by atoms with Gasteiger partial charge in [-0.2, -0.15) is 0 Å². The van der Waals surface area contributed by atoms with Gasteiger partial charge in [-0.1, -0.05) is 0 Å². The van der Waals surface area contributed by atoms with E-state index in [1.807, 2.05) is 20.9 Å². The molecule has 0 rings (SSSR count). The van der Waals surface area contributed by atoms with Gasteiger partial charge in [0.05, 0.1) is 6.10 Å². The second-order valence-corrected chi connectivity index (χ2v) is 5.59. The van der Waals surface area contributed by atoms with E-state index >= 15 is 0 Å². The Morgan fingerprint density at radius 1 is 1.00 bits per heavy atom. The van der Waals surface area contributed by atoms with Crippen LogP contribution in [0.3, 0.4) is 0 Å². The van der Waals surface area contributed by atoms with Crippen molar-refractivity contribution in [3.05, 3.63) is 0 Å². The molecule has 0 aliphatic carbocycles. The zero-order valence-corrected chi connectivity index (χ0v) is 13.4. The first-order valence-electron chi connectivity index (χ1n) is 6.85. The van der Waals surface area contributed by atoms with E-state index in [0.717, 1.165) is 26.0 Å². The smallest absolute Gasteiger partial charge is 0.377 e. The third-order valence-corrected chi connectivity index (χ3v) is 4.01. The molecular weight excluding hydrogens is 250 g/mol. The van der Waals surface area contributed by atoms with Gasteiger partial charge in [0.25, 0.3) is 0 Å². The summed E-state index contributed by atoms with van der Waals surface area (Å²) in [5.74, 6) is 0. The lowest BCUT2D eigenvalue weighted by atomic mass is 10.3. The normalized spacial score (nSPS) is 13.2. The molecule has 0 fully saturated rings. The summed E-state index contributed by atoms with van der Waals surface area (Å²) in [6.07, 6.45) is 2.26. The van der Waals surface area contributed by atoms with Crippen LogP contribution in [0.1, 0.15) is 33.6 Å². The molecule has 110 valence electrons. The maximum Gasteiger partial charge on any atom is 0.484 e. The largest absolute Gasteiger partial charge is 0.484 e. The lowest BCUT2D eigenvalue weighted by Crippen LogP contribution is -2.28. The first kappa shape index (κ1) is 18.0. The third kappa shape index (κ3) is 11.1. The van der Waals surface area contributed by atoms with Crippen LogP contribution in [-0.2, 0) is 18.0 Å². The topological polar surface area (TPSA) is 49.0 Å². The molecule has 0 saturated carbocycles. The molecule has 0 aromatic carbocycles. The summed E-state index contributed by atoms with van der Waals surface area (Å²) in [6.45, 7) is 9.66. The molecule has 0 aromatic heterocycles. The fraction of sp³-hybridized carbons (Fsp3) is 1.00. The molecule has 18 heavy (non-hydrogen) atoms. The van der Waals surface area contributed by atoms with Gasteiger partial charge in [-0.05, 0) is 40.7 Å². The van der Waals surface area contributed by atoms with Crippen molar-refractivity contribution in [2.24, 2.45) is 0 Å². The van der Waals surface area contributed by atoms with E-state index in [-0.39, 0.29) is 6.10 Å². The maximum absolute atomic E-state index is 5.62. The number of unbranched alkanes of at least 4 members (excludes halogenated alkanes) is 1. The molecule has 5 nitrogen and oxygen atoms in total. The summed E-state index contributed by atoms with van der Waals surface area (Å²) >= 11 is 0. The second kappa shape index (κ2) is 13.4. The molecule has 0 spiro atoms. The Bertz CT molecular complexity index is 168. The van der Waals surface area contributed by atoms with E-state index in [0.29, 0.717) is 19.8 Å². The van der Waals surface area contributed by atoms with Crippen LogP contribution in [0.25, 0.3) is 0 Å². The number of likely N-dealkylation sites (N-methyl/N-ethyl adjacent to an activating group) is 1. The Balaban J connectivity index is 3.36. The minimum Gasteiger partial charge on any atom is -0.377 e. The Hall–Kier alpha value is 0.0169. The van der Waals surface area contributed by atoms with Crippen molar-refractivity contribution in [3.8, 4) is 0 Å². The average Bonchev–Trinajstić information content (AvgIpc) is 2.34. The van der Waals surface area contributed by atoms with E-state index in [1.165, 1.54) is 0 Å². The van der Waals surface area contributed by atoms with Gasteiger partial charge in [0, 0.05) is 33.0 Å². The number of nitrogens with one attached hydrogen (secondary N) is 1. The molecule has 6 heteroatoms. The molecule has 0 saturated heterocycles. The first-order valence-corrected chi connectivity index (χ1v) is 8.27. The number of rotatable bonds is 13. The third-order valence-electron chi connectivity index (χ3n) is 2.29. The standard InChI is InChI=1S/C12H29NO4Si/c1-5-15-18(16-6-2)17-10-8-7-9-14-12(3)11-13-4/h12-13,18H,5-11H2,1-4H3. The van der Waals surface area contributed by atoms with Gasteiger partial charge >= 0.3 is 9.53 Å². The molecule has 0 bridgehead atoms. The Morgan fingerprint density at radius 2 is 1.61 bits per heavy atom. The summed E-state index contributed by atoms with van der Waals surface area (Å²) in [4.78, 5) is 0. The van der Waals surface area contributed by atoms with E-state index in [9.17, 15) is 0 Å². The maximum atomic E-state index is 5.62. The summed E-state index contributed by atoms with van der Waals surface area (Å²) in [5, 5.41) is 3.09. The van der Waals surface area contributed by atoms with Gasteiger partial charge < -0.3 is 23.3 Å². The lowest BCUT2D eigenvalue weighted by molar-refractivity contribution is 0.0581. The van der Waals surface area contributed by atoms with Crippen molar-refractivity contribution in [3.63, 3.8) is 0 Å². The molecule has 0 aliphatic heterocycles. The van der Waals surface area contributed by atoms with Crippen molar-refractivity contribution in [1.29, 1.82) is 0 Å². The van der Waals surface area contributed by atoms with Crippen LogP contribution < -0.4 is 5.32 Å². The van der Waals surface area contributed by atoms with Crippen LogP contribution in [0.4, 0.5) is 0 Å². The van der Waals surface area contributed by atoms with Gasteiger partial charge in [-0.25, -0.2) is 0 Å². The van der Waals surface area contributed by atoms with Crippen LogP contribution in [0.2, 0.25) is 0 Å². The van der Waals surface area contributed by atoms with Crippen LogP contribution in [0.5, 0.6) is 0 Å². The summed E-state index contributed by atoms with van der Waals surface area (Å²) in [6, 6.07) is 0. The van der Waals surface area contributed by atoms with Gasteiger partial charge in [0.1, 0.15) is 0 Å². The van der Waals surface area contributed by atoms with Crippen molar-refractivity contribution in [2.45, 2.75) is 39.7 Å². The van der Waals surface area contributed by atoms with Gasteiger partial charge in [-0.3, -0.25) is 0 Å². The predicted molar refractivity (Wildman–Crippen MR) is 74.9 cm³/mol. The second-order valence-electron chi connectivity index (χ2n) is 4.02. The van der Waals surface area contributed by atoms with Crippen molar-refractivity contribution < 1.29 is 18.0 Å². The number of ether oxygens (including phenoxy) is 1. The fourth-order valence-electron chi connectivity index (χ4n) is 1.43. The van der Waals surface area contributed by atoms with Crippen LogP contribution >= 0.6 is 0 Å². The summed E-state index contributed by atoms with van der Waals surface area (Å²) < 4.78 is 22.0. The van der Waals surface area contributed by atoms with Crippen molar-refractivity contribution in [1.82, 2.24) is 5.32 Å². The van der Waals surface area contributed by atoms with E-state index in [2.05, 4.69) is 12.2 Å². The first-order chi connectivity index (χ1) is 8.74. The molecule has 0 radical (unpaired) electrons. The Morgan fingerprint density at radius 3 is 2.17 bits per heavy atom. The predicted octanol–water partition coefficient (Wildman–Crippen LogP) is 1.20. The van der Waals surface area contributed by atoms with Crippen LogP contribution in [-0.4, -0.2) is 55.7 Å². The SMILES string of the molecule is CCO[SiH](OCC)OCCCCOC(C)CNC. The van der Waals surface area contributed by atoms with Crippen molar-refractivity contribution >= 4 is 9.53 Å². The Labute approximate surface area is 113 Å². The molecular formula is C12H29NO4Si. The highest BCUT2D eigenvalue weighted by atomic mass is 28.3. The van der Waals surface area contributed by atoms with E-state index in [4.69, 9.17) is 18.0 Å². The molecule has 0 heterocycles. The molecule has 0 aromatic rings. The zero-order chi connectivity index (χ0) is 13.6. The van der Waals surface area contributed by atoms with E-state index in [1.54, 1.807) is 0 Å². The average molecular weight is 279 g/mol. The Kier molecular flexibility index (Phi) is 13.5. The molecule has 0 amide bonds. The van der Waals surface area contributed by atoms with Gasteiger partial charge in [0.2, 0.25) is 0 Å². The molecule has 0 aliphatic rings. The highest BCUT2D eigenvalue weighted by Crippen LogP contribution is 1.98. The van der Waals surface area contributed by atoms with Gasteiger partial charge in [0.15, 0.2) is 0 Å². The molecule has 1 N–H and O–H groups in total. The summed E-state index contributed by atoms with van der Waals surface area (Å²) in [5.41, 5.74) is 0. The highest BCUT2D eigenvalue weighted by Gasteiger charge is 2.12. The van der Waals surface area contributed by atoms with E-state index < -0.39 is 9.53 Å².